The van der Waals surface area contributed by atoms with E-state index in [-0.39, 0.29) is 27.1 Å². The predicted molar refractivity (Wildman–Crippen MR) is 141 cm³/mol. The average Bonchev–Trinajstić information content (AvgIpc) is 3.47. The highest BCUT2D eigenvalue weighted by Gasteiger charge is 2.41. The van der Waals surface area contributed by atoms with Gasteiger partial charge < -0.3 is 9.64 Å². The summed E-state index contributed by atoms with van der Waals surface area (Å²) in [6.07, 6.45) is 3.97. The number of aryl methyl sites for hydroxylation is 2. The minimum Gasteiger partial charge on any atom is -0.476 e. The lowest BCUT2D eigenvalue weighted by Crippen LogP contribution is -2.40. The van der Waals surface area contributed by atoms with Gasteiger partial charge in [-0.3, -0.25) is 9.48 Å². The maximum absolute atomic E-state index is 13.6. The van der Waals surface area contributed by atoms with Crippen molar-refractivity contribution in [3.63, 3.8) is 0 Å². The Morgan fingerprint density at radius 1 is 1.19 bits per heavy atom. The van der Waals surface area contributed by atoms with Crippen LogP contribution in [0, 0.1) is 18.3 Å². The van der Waals surface area contributed by atoms with Gasteiger partial charge >= 0.3 is 0 Å². The second kappa shape index (κ2) is 9.27. The lowest BCUT2D eigenvalue weighted by molar-refractivity contribution is 0.107. The van der Waals surface area contributed by atoms with Crippen molar-refractivity contribution in [1.82, 2.24) is 24.5 Å². The molecule has 3 aromatic rings. The topological polar surface area (TPSA) is 112 Å². The van der Waals surface area contributed by atoms with Crippen LogP contribution in [0.3, 0.4) is 0 Å². The Labute approximate surface area is 218 Å². The minimum absolute atomic E-state index is 0.0205. The number of ether oxygens (including phenoxy) is 1. The van der Waals surface area contributed by atoms with Gasteiger partial charge in [0.05, 0.1) is 17.9 Å². The molecule has 3 aromatic heterocycles. The number of anilines is 1. The second-order valence-corrected chi connectivity index (χ2v) is 13.6. The van der Waals surface area contributed by atoms with E-state index < -0.39 is 15.0 Å². The molecule has 0 aromatic carbocycles. The standard InChI is InChI=1S/C26H36N6O4S/c1-17-13-26(6,7)31(14-17)23-19(24(33)37(34,35)20-15-30(8)28-18(20)2)9-10-21(27-23)32-12-11-22(29-32)36-16-25(3,4)5/h9-12,15,17H,13-14,16H2,1-8H3/t17-/m0/s1. The third-order valence-corrected chi connectivity index (χ3v) is 8.05. The van der Waals surface area contributed by atoms with Crippen molar-refractivity contribution in [2.45, 2.75) is 65.3 Å². The van der Waals surface area contributed by atoms with Crippen LogP contribution >= 0.6 is 0 Å². The molecular weight excluding hydrogens is 492 g/mol. The van der Waals surface area contributed by atoms with Crippen molar-refractivity contribution in [3.8, 4) is 11.7 Å². The summed E-state index contributed by atoms with van der Waals surface area (Å²) in [5.74, 6) is 1.60. The molecule has 1 aliphatic heterocycles. The van der Waals surface area contributed by atoms with Gasteiger partial charge in [-0.25, -0.2) is 18.1 Å². The largest absolute Gasteiger partial charge is 0.476 e. The summed E-state index contributed by atoms with van der Waals surface area (Å²) in [5.41, 5.74) is -0.0334. The minimum atomic E-state index is -4.33. The highest BCUT2D eigenvalue weighted by atomic mass is 32.2. The molecule has 37 heavy (non-hydrogen) atoms. The van der Waals surface area contributed by atoms with E-state index in [2.05, 4.69) is 51.7 Å². The van der Waals surface area contributed by atoms with Gasteiger partial charge in [0.2, 0.25) is 15.7 Å². The maximum Gasteiger partial charge on any atom is 0.285 e. The number of hydrogen-bond donors (Lipinski definition) is 0. The summed E-state index contributed by atoms with van der Waals surface area (Å²) in [6, 6.07) is 4.89. The summed E-state index contributed by atoms with van der Waals surface area (Å²) in [4.78, 5) is 20.3. The molecule has 200 valence electrons. The van der Waals surface area contributed by atoms with Crippen LogP contribution in [-0.4, -0.2) is 56.8 Å². The number of carbonyl (C=O) groups is 1. The number of pyridine rings is 1. The molecule has 0 saturated carbocycles. The Kier molecular flexibility index (Phi) is 6.72. The van der Waals surface area contributed by atoms with E-state index in [0.29, 0.717) is 36.6 Å². The fourth-order valence-corrected chi connectivity index (χ4v) is 6.15. The van der Waals surface area contributed by atoms with Gasteiger partial charge in [0, 0.05) is 37.6 Å². The quantitative estimate of drug-likeness (QED) is 0.472. The van der Waals surface area contributed by atoms with E-state index in [0.717, 1.165) is 6.42 Å². The number of rotatable bonds is 6. The average molecular weight is 529 g/mol. The lowest BCUT2D eigenvalue weighted by Gasteiger charge is -2.33. The van der Waals surface area contributed by atoms with E-state index in [1.807, 2.05) is 4.90 Å². The Morgan fingerprint density at radius 3 is 2.46 bits per heavy atom. The SMILES string of the molecule is Cc1nn(C)cc1S(=O)(=O)C(=O)c1ccc(-n2ccc(OCC(C)(C)C)n2)nc1N1C[C@@H](C)CC1(C)C. The second-order valence-electron chi connectivity index (χ2n) is 11.8. The highest BCUT2D eigenvalue weighted by Crippen LogP contribution is 2.38. The first kappa shape index (κ1) is 26.8. The Hall–Kier alpha value is -3.21. The number of carbonyl (C=O) groups excluding carboxylic acids is 1. The molecule has 1 fully saturated rings. The number of hydrogen-bond acceptors (Lipinski definition) is 8. The first-order valence-electron chi connectivity index (χ1n) is 12.4. The van der Waals surface area contributed by atoms with Gasteiger partial charge in [-0.1, -0.05) is 27.7 Å². The van der Waals surface area contributed by atoms with Crippen LogP contribution in [0.4, 0.5) is 5.82 Å². The van der Waals surface area contributed by atoms with Gasteiger partial charge in [0.15, 0.2) is 5.82 Å². The molecule has 0 spiro atoms. The van der Waals surface area contributed by atoms with Crippen molar-refractivity contribution in [1.29, 1.82) is 0 Å². The molecule has 10 nitrogen and oxygen atoms in total. The van der Waals surface area contributed by atoms with Crippen molar-refractivity contribution in [3.05, 3.63) is 41.9 Å². The van der Waals surface area contributed by atoms with Gasteiger partial charge in [-0.2, -0.15) is 5.10 Å². The third-order valence-electron chi connectivity index (χ3n) is 6.36. The fraction of sp³-hybridized carbons (Fsp3) is 0.538. The van der Waals surface area contributed by atoms with Gasteiger partial charge in [0.25, 0.3) is 5.12 Å². The zero-order valence-corrected chi connectivity index (χ0v) is 23.6. The fourth-order valence-electron chi connectivity index (χ4n) is 4.78. The van der Waals surface area contributed by atoms with E-state index in [9.17, 15) is 13.2 Å². The third kappa shape index (κ3) is 5.41. The number of nitrogens with zero attached hydrogens (tertiary/aromatic N) is 6. The number of aromatic nitrogens is 5. The summed E-state index contributed by atoms with van der Waals surface area (Å²) in [5, 5.41) is 7.60. The smallest absolute Gasteiger partial charge is 0.285 e. The maximum atomic E-state index is 13.6. The van der Waals surface area contributed by atoms with Crippen molar-refractivity contribution in [2.75, 3.05) is 18.1 Å². The molecule has 4 heterocycles. The monoisotopic (exact) mass is 528 g/mol. The molecule has 1 saturated heterocycles. The van der Waals surface area contributed by atoms with Crippen molar-refractivity contribution >= 4 is 20.8 Å². The van der Waals surface area contributed by atoms with Crippen LogP contribution < -0.4 is 9.64 Å². The molecule has 0 N–H and O–H groups in total. The van der Waals surface area contributed by atoms with Crippen molar-refractivity contribution in [2.24, 2.45) is 18.4 Å². The molecule has 0 amide bonds. The molecular formula is C26H36N6O4S. The molecule has 0 bridgehead atoms. The molecule has 0 aliphatic carbocycles. The van der Waals surface area contributed by atoms with Crippen LogP contribution in [-0.2, 0) is 16.9 Å². The lowest BCUT2D eigenvalue weighted by atomic mass is 9.97. The first-order valence-corrected chi connectivity index (χ1v) is 13.8. The van der Waals surface area contributed by atoms with Gasteiger partial charge in [-0.15, -0.1) is 5.10 Å². The van der Waals surface area contributed by atoms with Gasteiger partial charge in [-0.05, 0) is 50.7 Å². The van der Waals surface area contributed by atoms with Crippen LogP contribution in [0.25, 0.3) is 5.82 Å². The predicted octanol–water partition coefficient (Wildman–Crippen LogP) is 3.97. The Balaban J connectivity index is 1.78. The Bertz CT molecular complexity index is 1430. The number of sulfone groups is 1. The van der Waals surface area contributed by atoms with E-state index in [1.54, 1.807) is 37.0 Å². The highest BCUT2D eigenvalue weighted by molar-refractivity contribution is 8.06. The van der Waals surface area contributed by atoms with E-state index >= 15 is 0 Å². The first-order chi connectivity index (χ1) is 17.1. The summed E-state index contributed by atoms with van der Waals surface area (Å²) >= 11 is 0. The van der Waals surface area contributed by atoms with E-state index in [1.165, 1.54) is 16.9 Å². The normalized spacial score (nSPS) is 17.8. The van der Waals surface area contributed by atoms with Crippen molar-refractivity contribution < 1.29 is 17.9 Å². The van der Waals surface area contributed by atoms with Crippen LogP contribution in [0.5, 0.6) is 5.88 Å². The molecule has 0 radical (unpaired) electrons. The summed E-state index contributed by atoms with van der Waals surface area (Å²) < 4.78 is 35.5. The molecule has 11 heteroatoms. The summed E-state index contributed by atoms with van der Waals surface area (Å²) in [7, 11) is -2.71. The van der Waals surface area contributed by atoms with E-state index in [4.69, 9.17) is 9.72 Å². The van der Waals surface area contributed by atoms with Crippen LogP contribution in [0.15, 0.2) is 35.5 Å². The molecule has 1 atom stereocenters. The zero-order valence-electron chi connectivity index (χ0n) is 22.8. The van der Waals surface area contributed by atoms with Gasteiger partial charge in [0.1, 0.15) is 10.7 Å². The molecule has 0 unspecified atom stereocenters. The zero-order chi connectivity index (χ0) is 27.3. The molecule has 1 aliphatic rings. The summed E-state index contributed by atoms with van der Waals surface area (Å²) in [6.45, 7) is 15.2. The van der Waals surface area contributed by atoms with Crippen LogP contribution in [0.2, 0.25) is 0 Å². The van der Waals surface area contributed by atoms with Crippen LogP contribution in [0.1, 0.15) is 64.0 Å². The Morgan fingerprint density at radius 2 is 1.89 bits per heavy atom. The molecule has 4 rings (SSSR count).